The van der Waals surface area contributed by atoms with E-state index in [1.165, 1.54) is 0 Å². The highest BCUT2D eigenvalue weighted by atomic mass is 16.3. The molecule has 1 aromatic heterocycles. The number of hydrogen-bond donors (Lipinski definition) is 2. The first-order chi connectivity index (χ1) is 5.24. The fourth-order valence-corrected chi connectivity index (χ4v) is 0.680. The quantitative estimate of drug-likeness (QED) is 0.616. The minimum Gasteiger partial charge on any atom is -0.384 e. The third-order valence-electron chi connectivity index (χ3n) is 1.32. The van der Waals surface area contributed by atoms with Gasteiger partial charge in [-0.15, -0.1) is 0 Å². The van der Waals surface area contributed by atoms with Gasteiger partial charge >= 0.3 is 0 Å². The van der Waals surface area contributed by atoms with Crippen LogP contribution in [0.5, 0.6) is 0 Å². The van der Waals surface area contributed by atoms with Crippen LogP contribution in [0.4, 0.5) is 0 Å². The van der Waals surface area contributed by atoms with Crippen LogP contribution in [-0.4, -0.2) is 21.6 Å². The molecule has 60 valence electrons. The van der Waals surface area contributed by atoms with E-state index in [-0.39, 0.29) is 6.54 Å². The highest BCUT2D eigenvalue weighted by Crippen LogP contribution is 2.03. The first-order valence-corrected chi connectivity index (χ1v) is 3.40. The number of nitrogens with two attached hydrogens (primary N) is 1. The summed E-state index contributed by atoms with van der Waals surface area (Å²) in [7, 11) is 0. The molecule has 1 rings (SSSR count). The second kappa shape index (κ2) is 3.41. The molecule has 0 saturated carbocycles. The molecule has 0 fully saturated rings. The summed E-state index contributed by atoms with van der Waals surface area (Å²) in [5.41, 5.74) is 6.18. The molecule has 0 aliphatic carbocycles. The molecule has 4 nitrogen and oxygen atoms in total. The van der Waals surface area contributed by atoms with Gasteiger partial charge in [0.05, 0.1) is 0 Å². The van der Waals surface area contributed by atoms with Crippen LogP contribution in [-0.2, 0) is 0 Å². The summed E-state index contributed by atoms with van der Waals surface area (Å²) in [6.07, 6.45) is 2.57. The average Bonchev–Trinajstić information content (AvgIpc) is 2.05. The lowest BCUT2D eigenvalue weighted by atomic mass is 10.3. The van der Waals surface area contributed by atoms with Crippen LogP contribution >= 0.6 is 0 Å². The molecule has 0 bridgehead atoms. The standard InChI is InChI=1S/C7H11N3O/c1-5-3-9-7(10-4-5)6(11)2-8/h3-4,6,11H,2,8H2,1H3. The number of aromatic nitrogens is 2. The van der Waals surface area contributed by atoms with Crippen molar-refractivity contribution in [2.45, 2.75) is 13.0 Å². The van der Waals surface area contributed by atoms with E-state index in [2.05, 4.69) is 9.97 Å². The number of aryl methyl sites for hydroxylation is 1. The van der Waals surface area contributed by atoms with Crippen LogP contribution in [0.25, 0.3) is 0 Å². The number of nitrogens with zero attached hydrogens (tertiary/aromatic N) is 2. The Hall–Kier alpha value is -1.00. The SMILES string of the molecule is Cc1cnc(C(O)CN)nc1. The van der Waals surface area contributed by atoms with Crippen LogP contribution in [0.15, 0.2) is 12.4 Å². The smallest absolute Gasteiger partial charge is 0.158 e. The van der Waals surface area contributed by atoms with Gasteiger partial charge in [0, 0.05) is 18.9 Å². The van der Waals surface area contributed by atoms with Crippen LogP contribution in [0.2, 0.25) is 0 Å². The zero-order valence-electron chi connectivity index (χ0n) is 6.36. The first-order valence-electron chi connectivity index (χ1n) is 3.40. The summed E-state index contributed by atoms with van der Waals surface area (Å²) in [4.78, 5) is 7.82. The predicted octanol–water partition coefficient (Wildman–Crippen LogP) is -0.223. The third kappa shape index (κ3) is 1.96. The fraction of sp³-hybridized carbons (Fsp3) is 0.429. The Morgan fingerprint density at radius 1 is 1.55 bits per heavy atom. The second-order valence-corrected chi connectivity index (χ2v) is 2.37. The van der Waals surface area contributed by atoms with Crippen molar-refractivity contribution in [3.05, 3.63) is 23.8 Å². The summed E-state index contributed by atoms with van der Waals surface area (Å²) in [5, 5.41) is 9.17. The minimum atomic E-state index is -0.740. The number of aliphatic hydroxyl groups is 1. The average molecular weight is 153 g/mol. The van der Waals surface area contributed by atoms with Crippen molar-refractivity contribution in [3.8, 4) is 0 Å². The van der Waals surface area contributed by atoms with Crippen molar-refractivity contribution in [2.75, 3.05) is 6.54 Å². The number of aliphatic hydroxyl groups excluding tert-OH is 1. The van der Waals surface area contributed by atoms with Gasteiger partial charge in [0.2, 0.25) is 0 Å². The molecule has 0 spiro atoms. The summed E-state index contributed by atoms with van der Waals surface area (Å²) < 4.78 is 0. The van der Waals surface area contributed by atoms with Crippen molar-refractivity contribution in [1.29, 1.82) is 0 Å². The van der Waals surface area contributed by atoms with E-state index in [9.17, 15) is 5.11 Å². The van der Waals surface area contributed by atoms with Gasteiger partial charge < -0.3 is 10.8 Å². The predicted molar refractivity (Wildman–Crippen MR) is 40.8 cm³/mol. The van der Waals surface area contributed by atoms with Gasteiger partial charge in [0.1, 0.15) is 6.10 Å². The van der Waals surface area contributed by atoms with Gasteiger partial charge in [-0.3, -0.25) is 0 Å². The van der Waals surface area contributed by atoms with E-state index in [1.807, 2.05) is 6.92 Å². The molecule has 0 radical (unpaired) electrons. The number of rotatable bonds is 2. The Balaban J connectivity index is 2.81. The van der Waals surface area contributed by atoms with Gasteiger partial charge in [0.25, 0.3) is 0 Å². The van der Waals surface area contributed by atoms with Crippen LogP contribution in [0.1, 0.15) is 17.5 Å². The molecule has 0 amide bonds. The fourth-order valence-electron chi connectivity index (χ4n) is 0.680. The molecule has 3 N–H and O–H groups in total. The summed E-state index contributed by atoms with van der Waals surface area (Å²) >= 11 is 0. The van der Waals surface area contributed by atoms with E-state index in [0.717, 1.165) is 5.56 Å². The van der Waals surface area contributed by atoms with Gasteiger partial charge in [-0.05, 0) is 12.5 Å². The monoisotopic (exact) mass is 153 g/mol. The van der Waals surface area contributed by atoms with E-state index in [0.29, 0.717) is 5.82 Å². The van der Waals surface area contributed by atoms with Gasteiger partial charge in [-0.2, -0.15) is 0 Å². The molecule has 1 aromatic rings. The molecule has 11 heavy (non-hydrogen) atoms. The molecule has 1 heterocycles. The van der Waals surface area contributed by atoms with Crippen molar-refractivity contribution in [3.63, 3.8) is 0 Å². The molecule has 0 saturated heterocycles. The van der Waals surface area contributed by atoms with Crippen LogP contribution in [0.3, 0.4) is 0 Å². The maximum absolute atomic E-state index is 9.17. The lowest BCUT2D eigenvalue weighted by Crippen LogP contribution is -2.14. The lowest BCUT2D eigenvalue weighted by Gasteiger charge is -2.04. The Kier molecular flexibility index (Phi) is 2.51. The van der Waals surface area contributed by atoms with E-state index < -0.39 is 6.10 Å². The normalized spacial score (nSPS) is 13.0. The van der Waals surface area contributed by atoms with Crippen molar-refractivity contribution in [1.82, 2.24) is 9.97 Å². The van der Waals surface area contributed by atoms with Crippen molar-refractivity contribution in [2.24, 2.45) is 5.73 Å². The highest BCUT2D eigenvalue weighted by molar-refractivity contribution is 5.03. The van der Waals surface area contributed by atoms with E-state index in [1.54, 1.807) is 12.4 Å². The zero-order chi connectivity index (χ0) is 8.27. The third-order valence-corrected chi connectivity index (χ3v) is 1.32. The summed E-state index contributed by atoms with van der Waals surface area (Å²) in [6.45, 7) is 2.04. The largest absolute Gasteiger partial charge is 0.384 e. The molecule has 4 heteroatoms. The summed E-state index contributed by atoms with van der Waals surface area (Å²) in [5.74, 6) is 0.387. The minimum absolute atomic E-state index is 0.156. The first kappa shape index (κ1) is 8.10. The Morgan fingerprint density at radius 2 is 2.09 bits per heavy atom. The lowest BCUT2D eigenvalue weighted by molar-refractivity contribution is 0.176. The highest BCUT2D eigenvalue weighted by Gasteiger charge is 2.06. The van der Waals surface area contributed by atoms with Crippen molar-refractivity contribution >= 4 is 0 Å². The molecular formula is C7H11N3O. The Labute approximate surface area is 65.1 Å². The van der Waals surface area contributed by atoms with Gasteiger partial charge in [-0.1, -0.05) is 0 Å². The second-order valence-electron chi connectivity index (χ2n) is 2.37. The Morgan fingerprint density at radius 3 is 2.55 bits per heavy atom. The maximum atomic E-state index is 9.17. The van der Waals surface area contributed by atoms with Crippen LogP contribution in [0, 0.1) is 6.92 Å². The topological polar surface area (TPSA) is 72.0 Å². The molecule has 0 aliphatic heterocycles. The van der Waals surface area contributed by atoms with E-state index in [4.69, 9.17) is 5.73 Å². The molecule has 1 unspecified atom stereocenters. The van der Waals surface area contributed by atoms with E-state index >= 15 is 0 Å². The summed E-state index contributed by atoms with van der Waals surface area (Å²) in [6, 6.07) is 0. The number of hydrogen-bond acceptors (Lipinski definition) is 4. The molecular weight excluding hydrogens is 142 g/mol. The molecule has 0 aromatic carbocycles. The van der Waals surface area contributed by atoms with Gasteiger partial charge in [-0.25, -0.2) is 9.97 Å². The van der Waals surface area contributed by atoms with Gasteiger partial charge in [0.15, 0.2) is 5.82 Å². The van der Waals surface area contributed by atoms with Crippen molar-refractivity contribution < 1.29 is 5.11 Å². The maximum Gasteiger partial charge on any atom is 0.158 e. The Bertz CT molecular complexity index is 222. The zero-order valence-corrected chi connectivity index (χ0v) is 6.36. The van der Waals surface area contributed by atoms with Crippen LogP contribution < -0.4 is 5.73 Å². The molecule has 1 atom stereocenters. The molecule has 0 aliphatic rings.